The van der Waals surface area contributed by atoms with Gasteiger partial charge in [-0.05, 0) is 49.7 Å². The maximum atomic E-state index is 12.4. The monoisotopic (exact) mass is 352 g/mol. The summed E-state index contributed by atoms with van der Waals surface area (Å²) < 4.78 is 5.57. The predicted molar refractivity (Wildman–Crippen MR) is 104 cm³/mol. The highest BCUT2D eigenvalue weighted by Gasteiger charge is 2.24. The Labute approximate surface area is 155 Å². The number of carbonyl (C=O) groups is 1. The number of alkyl carbamates (subject to hydrolysis) is 1. The normalized spacial score (nSPS) is 16.8. The molecule has 1 amide bonds. The van der Waals surface area contributed by atoms with Gasteiger partial charge >= 0.3 is 6.09 Å². The molecule has 1 fully saturated rings. The van der Waals surface area contributed by atoms with E-state index in [1.165, 1.54) is 5.56 Å². The van der Waals surface area contributed by atoms with E-state index in [9.17, 15) is 4.79 Å². The molecule has 0 aromatic heterocycles. The van der Waals surface area contributed by atoms with Crippen molar-refractivity contribution in [2.45, 2.75) is 56.7 Å². The van der Waals surface area contributed by atoms with Crippen LogP contribution in [0.15, 0.2) is 60.7 Å². The van der Waals surface area contributed by atoms with Crippen LogP contribution in [0.1, 0.15) is 36.8 Å². The van der Waals surface area contributed by atoms with E-state index in [2.05, 4.69) is 29.6 Å². The average Bonchev–Trinajstić information content (AvgIpc) is 3.16. The summed E-state index contributed by atoms with van der Waals surface area (Å²) in [7, 11) is 0. The van der Waals surface area contributed by atoms with Crippen molar-refractivity contribution in [3.05, 3.63) is 71.8 Å². The molecule has 2 aromatic carbocycles. The second-order valence-electron chi connectivity index (χ2n) is 7.11. The summed E-state index contributed by atoms with van der Waals surface area (Å²) in [4.78, 5) is 12.4. The molecule has 1 saturated carbocycles. The van der Waals surface area contributed by atoms with E-state index in [0.717, 1.165) is 31.2 Å². The average molecular weight is 352 g/mol. The van der Waals surface area contributed by atoms with E-state index in [1.54, 1.807) is 0 Å². The lowest BCUT2D eigenvalue weighted by atomic mass is 9.95. The predicted octanol–water partition coefficient (Wildman–Crippen LogP) is 3.84. The van der Waals surface area contributed by atoms with Crippen molar-refractivity contribution in [1.29, 1.82) is 0 Å². The molecule has 1 aliphatic rings. The number of hydrogen-bond acceptors (Lipinski definition) is 3. The van der Waals surface area contributed by atoms with Gasteiger partial charge in [-0.15, -0.1) is 0 Å². The molecule has 0 unspecified atom stereocenters. The molecule has 4 heteroatoms. The lowest BCUT2D eigenvalue weighted by molar-refractivity contribution is 0.0966. The Morgan fingerprint density at radius 1 is 0.962 bits per heavy atom. The smallest absolute Gasteiger partial charge is 0.407 e. The highest BCUT2D eigenvalue weighted by atomic mass is 16.6. The summed E-state index contributed by atoms with van der Waals surface area (Å²) in [5, 5.41) is 3.03. The first-order chi connectivity index (χ1) is 12.7. The number of nitrogens with one attached hydrogen (secondary N) is 1. The molecule has 26 heavy (non-hydrogen) atoms. The summed E-state index contributed by atoms with van der Waals surface area (Å²) in [5.74, 6) is 0. The van der Waals surface area contributed by atoms with Crippen LogP contribution in [0.25, 0.3) is 0 Å². The Kier molecular flexibility index (Phi) is 6.67. The largest absolute Gasteiger partial charge is 0.446 e. The lowest BCUT2D eigenvalue weighted by Gasteiger charge is -2.26. The van der Waals surface area contributed by atoms with Gasteiger partial charge in [0.05, 0.1) is 6.04 Å². The van der Waals surface area contributed by atoms with Gasteiger partial charge in [0.2, 0.25) is 0 Å². The van der Waals surface area contributed by atoms with Gasteiger partial charge in [-0.2, -0.15) is 0 Å². The van der Waals surface area contributed by atoms with Gasteiger partial charge in [-0.3, -0.25) is 0 Å². The third kappa shape index (κ3) is 5.60. The van der Waals surface area contributed by atoms with Crippen molar-refractivity contribution in [2.75, 3.05) is 0 Å². The van der Waals surface area contributed by atoms with E-state index < -0.39 is 0 Å². The van der Waals surface area contributed by atoms with Crippen molar-refractivity contribution >= 4 is 6.09 Å². The van der Waals surface area contributed by atoms with Crippen molar-refractivity contribution in [3.8, 4) is 0 Å². The molecule has 0 aliphatic heterocycles. The summed E-state index contributed by atoms with van der Waals surface area (Å²) in [6.45, 7) is 0. The standard InChI is InChI=1S/C22H28N2O2/c23-20(15-17-9-3-1-4-10-17)21(16-18-11-5-2-6-12-18)24-22(25)26-19-13-7-8-14-19/h1-6,9-12,19-21H,7-8,13-16,23H2,(H,24,25)/t20-,21-/m0/s1. The van der Waals surface area contributed by atoms with Crippen LogP contribution in [-0.2, 0) is 17.6 Å². The SMILES string of the molecule is N[C@@H](Cc1ccccc1)[C@H](Cc1ccccc1)NC(=O)OC1CCCC1. The third-order valence-corrected chi connectivity index (χ3v) is 5.01. The quantitative estimate of drug-likeness (QED) is 0.796. The van der Waals surface area contributed by atoms with Crippen LogP contribution >= 0.6 is 0 Å². The fraction of sp³-hybridized carbons (Fsp3) is 0.409. The maximum absolute atomic E-state index is 12.4. The fourth-order valence-electron chi connectivity index (χ4n) is 3.55. The zero-order valence-corrected chi connectivity index (χ0v) is 15.1. The number of ether oxygens (including phenoxy) is 1. The van der Waals surface area contributed by atoms with Crippen LogP contribution in [0.3, 0.4) is 0 Å². The molecule has 0 bridgehead atoms. The minimum Gasteiger partial charge on any atom is -0.446 e. The highest BCUT2D eigenvalue weighted by molar-refractivity contribution is 5.68. The molecule has 0 radical (unpaired) electrons. The van der Waals surface area contributed by atoms with Crippen molar-refractivity contribution in [1.82, 2.24) is 5.32 Å². The minimum absolute atomic E-state index is 0.0534. The molecule has 138 valence electrons. The Hall–Kier alpha value is -2.33. The zero-order chi connectivity index (χ0) is 18.2. The number of hydrogen-bond donors (Lipinski definition) is 2. The minimum atomic E-state index is -0.346. The van der Waals surface area contributed by atoms with Crippen LogP contribution in [-0.4, -0.2) is 24.3 Å². The number of carbonyl (C=O) groups excluding carboxylic acids is 1. The summed E-state index contributed by atoms with van der Waals surface area (Å²) >= 11 is 0. The van der Waals surface area contributed by atoms with Gasteiger partial charge in [0.1, 0.15) is 6.10 Å². The first-order valence-electron chi connectivity index (χ1n) is 9.51. The molecule has 2 atom stereocenters. The molecule has 1 aliphatic carbocycles. The van der Waals surface area contributed by atoms with Gasteiger partial charge < -0.3 is 15.8 Å². The third-order valence-electron chi connectivity index (χ3n) is 5.01. The fourth-order valence-corrected chi connectivity index (χ4v) is 3.55. The number of rotatable bonds is 7. The molecule has 2 aromatic rings. The molecule has 3 rings (SSSR count). The van der Waals surface area contributed by atoms with Crippen molar-refractivity contribution in [2.24, 2.45) is 5.73 Å². The zero-order valence-electron chi connectivity index (χ0n) is 15.1. The molecule has 0 heterocycles. The second-order valence-corrected chi connectivity index (χ2v) is 7.11. The number of nitrogens with two attached hydrogens (primary N) is 1. The van der Waals surface area contributed by atoms with Crippen LogP contribution in [0.4, 0.5) is 4.79 Å². The van der Waals surface area contributed by atoms with E-state index in [4.69, 9.17) is 10.5 Å². The summed E-state index contributed by atoms with van der Waals surface area (Å²) in [6.07, 6.45) is 5.31. The van der Waals surface area contributed by atoms with E-state index >= 15 is 0 Å². The highest BCUT2D eigenvalue weighted by Crippen LogP contribution is 2.21. The van der Waals surface area contributed by atoms with Crippen LogP contribution in [0, 0.1) is 0 Å². The summed E-state index contributed by atoms with van der Waals surface area (Å²) in [6, 6.07) is 19.9. The van der Waals surface area contributed by atoms with Gasteiger partial charge in [-0.1, -0.05) is 60.7 Å². The van der Waals surface area contributed by atoms with Gasteiger partial charge in [0.25, 0.3) is 0 Å². The Morgan fingerprint density at radius 2 is 1.50 bits per heavy atom. The summed E-state index contributed by atoms with van der Waals surface area (Å²) in [5.41, 5.74) is 8.81. The molecule has 4 nitrogen and oxygen atoms in total. The maximum Gasteiger partial charge on any atom is 0.407 e. The van der Waals surface area contributed by atoms with Gasteiger partial charge in [0.15, 0.2) is 0 Å². The molecular weight excluding hydrogens is 324 g/mol. The first-order valence-corrected chi connectivity index (χ1v) is 9.51. The van der Waals surface area contributed by atoms with Crippen molar-refractivity contribution in [3.63, 3.8) is 0 Å². The number of benzene rings is 2. The van der Waals surface area contributed by atoms with E-state index in [0.29, 0.717) is 12.8 Å². The molecule has 0 spiro atoms. The van der Waals surface area contributed by atoms with Crippen LogP contribution < -0.4 is 11.1 Å². The molecule has 3 N–H and O–H groups in total. The van der Waals surface area contributed by atoms with E-state index in [-0.39, 0.29) is 24.3 Å². The van der Waals surface area contributed by atoms with Gasteiger partial charge in [0, 0.05) is 6.04 Å². The second kappa shape index (κ2) is 9.39. The topological polar surface area (TPSA) is 64.3 Å². The van der Waals surface area contributed by atoms with E-state index in [1.807, 2.05) is 36.4 Å². The Bertz CT molecular complexity index is 669. The number of amides is 1. The molecule has 0 saturated heterocycles. The Balaban J connectivity index is 1.64. The lowest BCUT2D eigenvalue weighted by Crippen LogP contribution is -2.50. The van der Waals surface area contributed by atoms with Crippen LogP contribution in [0.5, 0.6) is 0 Å². The van der Waals surface area contributed by atoms with Crippen molar-refractivity contribution < 1.29 is 9.53 Å². The molecular formula is C22H28N2O2. The first kappa shape index (κ1) is 18.5. The Morgan fingerprint density at radius 3 is 2.08 bits per heavy atom. The van der Waals surface area contributed by atoms with Crippen LogP contribution in [0.2, 0.25) is 0 Å². The van der Waals surface area contributed by atoms with Gasteiger partial charge in [-0.25, -0.2) is 4.79 Å².